The number of carbonyl (C=O) groups is 1. The smallest absolute Gasteiger partial charge is 0.383 e. The van der Waals surface area contributed by atoms with Crippen LogP contribution in [0.4, 0.5) is 13.2 Å². The zero-order chi connectivity index (χ0) is 14.2. The highest BCUT2D eigenvalue weighted by atomic mass is 19.4. The molecule has 0 spiro atoms. The van der Waals surface area contributed by atoms with Crippen LogP contribution in [0.1, 0.15) is 13.8 Å². The first-order valence-corrected chi connectivity index (χ1v) is 5.80. The Balaban J connectivity index is 4.23. The molecule has 4 nitrogen and oxygen atoms in total. The van der Waals surface area contributed by atoms with Gasteiger partial charge in [0.2, 0.25) is 5.91 Å². The molecule has 0 radical (unpaired) electrons. The third kappa shape index (κ3) is 9.23. The summed E-state index contributed by atoms with van der Waals surface area (Å²) >= 11 is 0. The molecule has 0 aromatic heterocycles. The number of amides is 1. The van der Waals surface area contributed by atoms with Gasteiger partial charge in [-0.15, -0.1) is 0 Å². The zero-order valence-electron chi connectivity index (χ0n) is 11.0. The maximum Gasteiger partial charge on any atom is 0.406 e. The number of carbonyl (C=O) groups excluding carboxylic acids is 1. The van der Waals surface area contributed by atoms with Crippen molar-refractivity contribution in [3.05, 3.63) is 0 Å². The number of nitrogens with zero attached hydrogens (tertiary/aromatic N) is 1. The Morgan fingerprint density at radius 3 is 2.44 bits per heavy atom. The van der Waals surface area contributed by atoms with Crippen molar-refractivity contribution >= 4 is 5.91 Å². The van der Waals surface area contributed by atoms with Gasteiger partial charge in [0.1, 0.15) is 6.54 Å². The van der Waals surface area contributed by atoms with E-state index in [1.807, 2.05) is 0 Å². The Morgan fingerprint density at radius 2 is 2.00 bits per heavy atom. The number of halogens is 3. The van der Waals surface area contributed by atoms with Crippen molar-refractivity contribution in [2.45, 2.75) is 20.0 Å². The molecule has 1 N–H and O–H groups in total. The van der Waals surface area contributed by atoms with Crippen molar-refractivity contribution in [3.8, 4) is 0 Å². The Morgan fingerprint density at radius 1 is 1.39 bits per heavy atom. The molecule has 0 aromatic carbocycles. The number of nitrogens with one attached hydrogen (secondary N) is 1. The molecule has 0 bridgehead atoms. The third-order valence-electron chi connectivity index (χ3n) is 2.07. The van der Waals surface area contributed by atoms with Crippen molar-refractivity contribution in [2.24, 2.45) is 5.92 Å². The van der Waals surface area contributed by atoms with Crippen molar-refractivity contribution in [3.63, 3.8) is 0 Å². The standard InChI is InChI=1S/C11H21F3N2O2/c1-9(2)7-16(8-11(12,13)14)10(17)6-15-4-5-18-3/h9,15H,4-8H2,1-3H3. The maximum atomic E-state index is 12.3. The van der Waals surface area contributed by atoms with Gasteiger partial charge in [0.15, 0.2) is 0 Å². The molecule has 0 heterocycles. The van der Waals surface area contributed by atoms with Gasteiger partial charge in [0, 0.05) is 20.2 Å². The molecular formula is C11H21F3N2O2. The number of ether oxygens (including phenoxy) is 1. The molecule has 0 aliphatic heterocycles. The molecule has 0 atom stereocenters. The lowest BCUT2D eigenvalue weighted by Crippen LogP contribution is -2.45. The van der Waals surface area contributed by atoms with Gasteiger partial charge in [-0.3, -0.25) is 4.79 Å². The van der Waals surface area contributed by atoms with Gasteiger partial charge >= 0.3 is 6.18 Å². The Bertz CT molecular complexity index is 245. The van der Waals surface area contributed by atoms with Gasteiger partial charge in [-0.2, -0.15) is 13.2 Å². The Labute approximate surface area is 105 Å². The number of rotatable bonds is 8. The van der Waals surface area contributed by atoms with Crippen molar-refractivity contribution in [1.82, 2.24) is 10.2 Å². The Kier molecular flexibility index (Phi) is 7.93. The fraction of sp³-hybridized carbons (Fsp3) is 0.909. The topological polar surface area (TPSA) is 41.6 Å². The van der Waals surface area contributed by atoms with Gasteiger partial charge in [0.25, 0.3) is 0 Å². The molecular weight excluding hydrogens is 249 g/mol. The van der Waals surface area contributed by atoms with Crippen molar-refractivity contribution in [2.75, 3.05) is 39.9 Å². The normalized spacial score (nSPS) is 11.9. The Hall–Kier alpha value is -0.820. The second kappa shape index (κ2) is 8.31. The summed E-state index contributed by atoms with van der Waals surface area (Å²) in [5.74, 6) is -0.549. The van der Waals surface area contributed by atoms with E-state index in [0.717, 1.165) is 4.90 Å². The summed E-state index contributed by atoms with van der Waals surface area (Å²) in [5, 5.41) is 2.74. The predicted octanol–water partition coefficient (Wildman–Crippen LogP) is 1.27. The van der Waals surface area contributed by atoms with Crippen LogP contribution in [-0.4, -0.2) is 56.9 Å². The van der Waals surface area contributed by atoms with E-state index in [2.05, 4.69) is 5.32 Å². The van der Waals surface area contributed by atoms with E-state index in [1.54, 1.807) is 13.8 Å². The summed E-state index contributed by atoms with van der Waals surface area (Å²) in [6.45, 7) is 3.19. The average molecular weight is 270 g/mol. The van der Waals surface area contributed by atoms with Gasteiger partial charge in [0.05, 0.1) is 13.2 Å². The van der Waals surface area contributed by atoms with Gasteiger partial charge in [-0.05, 0) is 5.92 Å². The molecule has 0 saturated carbocycles. The van der Waals surface area contributed by atoms with Crippen LogP contribution >= 0.6 is 0 Å². The molecule has 0 aromatic rings. The molecule has 1 amide bonds. The van der Waals surface area contributed by atoms with E-state index in [9.17, 15) is 18.0 Å². The number of methoxy groups -OCH3 is 1. The minimum absolute atomic E-state index is 0.00437. The summed E-state index contributed by atoms with van der Waals surface area (Å²) in [4.78, 5) is 12.5. The highest BCUT2D eigenvalue weighted by molar-refractivity contribution is 5.78. The molecule has 108 valence electrons. The summed E-state index contributed by atoms with van der Waals surface area (Å²) in [5.41, 5.74) is 0. The molecule has 0 aliphatic rings. The van der Waals surface area contributed by atoms with Crippen LogP contribution in [0.2, 0.25) is 0 Å². The lowest BCUT2D eigenvalue weighted by atomic mass is 10.2. The van der Waals surface area contributed by atoms with Crippen molar-refractivity contribution < 1.29 is 22.7 Å². The van der Waals surface area contributed by atoms with Crippen LogP contribution in [0, 0.1) is 5.92 Å². The summed E-state index contributed by atoms with van der Waals surface area (Å²) in [6, 6.07) is 0. The van der Waals surface area contributed by atoms with Gasteiger partial charge in [-0.1, -0.05) is 13.8 Å². The summed E-state index contributed by atoms with van der Waals surface area (Å²) < 4.78 is 41.7. The van der Waals surface area contributed by atoms with E-state index in [0.29, 0.717) is 13.2 Å². The molecule has 0 aliphatic carbocycles. The molecule has 7 heteroatoms. The van der Waals surface area contributed by atoms with Crippen LogP contribution in [0.3, 0.4) is 0 Å². The first-order valence-electron chi connectivity index (χ1n) is 5.80. The van der Waals surface area contributed by atoms with E-state index >= 15 is 0 Å². The number of alkyl halides is 3. The monoisotopic (exact) mass is 270 g/mol. The van der Waals surface area contributed by atoms with Crippen LogP contribution in [-0.2, 0) is 9.53 Å². The minimum atomic E-state index is -4.36. The highest BCUT2D eigenvalue weighted by Gasteiger charge is 2.32. The van der Waals surface area contributed by atoms with E-state index in [-0.39, 0.29) is 19.0 Å². The van der Waals surface area contributed by atoms with Crippen LogP contribution < -0.4 is 5.32 Å². The fourth-order valence-electron chi connectivity index (χ4n) is 1.39. The fourth-order valence-corrected chi connectivity index (χ4v) is 1.39. The quantitative estimate of drug-likeness (QED) is 0.675. The molecule has 0 saturated heterocycles. The molecule has 18 heavy (non-hydrogen) atoms. The third-order valence-corrected chi connectivity index (χ3v) is 2.07. The first-order chi connectivity index (χ1) is 8.26. The second-order valence-electron chi connectivity index (χ2n) is 4.45. The number of hydrogen-bond acceptors (Lipinski definition) is 3. The average Bonchev–Trinajstić information content (AvgIpc) is 2.20. The second-order valence-corrected chi connectivity index (χ2v) is 4.45. The van der Waals surface area contributed by atoms with Crippen LogP contribution in [0.5, 0.6) is 0 Å². The largest absolute Gasteiger partial charge is 0.406 e. The van der Waals surface area contributed by atoms with Crippen LogP contribution in [0.25, 0.3) is 0 Å². The molecule has 0 fully saturated rings. The summed E-state index contributed by atoms with van der Waals surface area (Å²) in [7, 11) is 1.51. The highest BCUT2D eigenvalue weighted by Crippen LogP contribution is 2.17. The predicted molar refractivity (Wildman–Crippen MR) is 62.2 cm³/mol. The lowest BCUT2D eigenvalue weighted by Gasteiger charge is -2.25. The number of hydrogen-bond donors (Lipinski definition) is 1. The van der Waals surface area contributed by atoms with Gasteiger partial charge < -0.3 is 15.0 Å². The maximum absolute atomic E-state index is 12.3. The molecule has 0 unspecified atom stereocenters. The van der Waals surface area contributed by atoms with E-state index in [1.165, 1.54) is 7.11 Å². The van der Waals surface area contributed by atoms with Gasteiger partial charge in [-0.25, -0.2) is 0 Å². The zero-order valence-corrected chi connectivity index (χ0v) is 11.0. The van der Waals surface area contributed by atoms with Crippen LogP contribution in [0.15, 0.2) is 0 Å². The lowest BCUT2D eigenvalue weighted by molar-refractivity contribution is -0.161. The van der Waals surface area contributed by atoms with E-state index < -0.39 is 18.6 Å². The minimum Gasteiger partial charge on any atom is -0.383 e. The summed E-state index contributed by atoms with van der Waals surface area (Å²) in [6.07, 6.45) is -4.36. The first kappa shape index (κ1) is 17.2. The van der Waals surface area contributed by atoms with E-state index in [4.69, 9.17) is 4.74 Å². The van der Waals surface area contributed by atoms with Crippen molar-refractivity contribution in [1.29, 1.82) is 0 Å². The SMILES string of the molecule is COCCNCC(=O)N(CC(C)C)CC(F)(F)F. The molecule has 0 rings (SSSR count).